The van der Waals surface area contributed by atoms with Crippen LogP contribution in [-0.4, -0.2) is 63.9 Å². The molecule has 30 heavy (non-hydrogen) atoms. The Balaban J connectivity index is 1.82. The van der Waals surface area contributed by atoms with Crippen LogP contribution < -0.4 is 11.3 Å². The Bertz CT molecular complexity index is 1050. The van der Waals surface area contributed by atoms with Crippen molar-refractivity contribution in [2.24, 2.45) is 11.7 Å². The number of piperidine rings is 1. The lowest BCUT2D eigenvalue weighted by Gasteiger charge is -2.30. The second kappa shape index (κ2) is 9.53. The molecule has 8 nitrogen and oxygen atoms in total. The van der Waals surface area contributed by atoms with Gasteiger partial charge in [-0.05, 0) is 56.3 Å². The number of fused-ring (bicyclic) bond motifs is 1. The summed E-state index contributed by atoms with van der Waals surface area (Å²) in [6.07, 6.45) is 1.16. The van der Waals surface area contributed by atoms with Gasteiger partial charge in [0.05, 0.1) is 10.9 Å². The van der Waals surface area contributed by atoms with Gasteiger partial charge in [-0.1, -0.05) is 13.8 Å². The third kappa shape index (κ3) is 4.62. The van der Waals surface area contributed by atoms with Gasteiger partial charge < -0.3 is 20.5 Å². The van der Waals surface area contributed by atoms with Crippen LogP contribution in [0.25, 0.3) is 10.9 Å². The second-order valence-corrected chi connectivity index (χ2v) is 8.03. The van der Waals surface area contributed by atoms with Crippen molar-refractivity contribution < 1.29 is 9.59 Å². The first-order valence-corrected chi connectivity index (χ1v) is 10.8. The summed E-state index contributed by atoms with van der Waals surface area (Å²) in [5.74, 6) is -0.598. The quantitative estimate of drug-likeness (QED) is 0.650. The van der Waals surface area contributed by atoms with Crippen LogP contribution in [0.4, 0.5) is 0 Å². The predicted octanol–water partition coefficient (Wildman–Crippen LogP) is 1.74. The van der Waals surface area contributed by atoms with Crippen molar-refractivity contribution in [3.8, 4) is 0 Å². The third-order valence-corrected chi connectivity index (χ3v) is 6.27. The Kier molecular flexibility index (Phi) is 7.04. The molecule has 2 heterocycles. The van der Waals surface area contributed by atoms with E-state index in [-0.39, 0.29) is 23.3 Å². The Morgan fingerprint density at radius 3 is 2.50 bits per heavy atom. The molecule has 3 N–H and O–H groups in total. The van der Waals surface area contributed by atoms with E-state index in [2.05, 4.69) is 23.7 Å². The molecule has 0 spiro atoms. The van der Waals surface area contributed by atoms with Crippen molar-refractivity contribution in [3.05, 3.63) is 38.9 Å². The van der Waals surface area contributed by atoms with Gasteiger partial charge in [0.25, 0.3) is 11.5 Å². The highest BCUT2D eigenvalue weighted by Gasteiger charge is 2.26. The highest BCUT2D eigenvalue weighted by atomic mass is 32.1. The molecule has 2 amide bonds. The molecule has 3 rings (SSSR count). The molecule has 162 valence electrons. The number of nitrogens with zero attached hydrogens (tertiary/aromatic N) is 3. The van der Waals surface area contributed by atoms with Crippen molar-refractivity contribution in [3.63, 3.8) is 0 Å². The average Bonchev–Trinajstić information content (AvgIpc) is 2.75. The minimum Gasteiger partial charge on any atom is -0.369 e. The lowest BCUT2D eigenvalue weighted by molar-refractivity contribution is -0.123. The van der Waals surface area contributed by atoms with Gasteiger partial charge in [0.15, 0.2) is 4.77 Å². The van der Waals surface area contributed by atoms with Crippen molar-refractivity contribution in [2.45, 2.75) is 33.2 Å². The van der Waals surface area contributed by atoms with Crippen LogP contribution in [0.1, 0.15) is 37.0 Å². The number of primary amides is 1. The molecular formula is C21H29N5O3S. The normalized spacial score (nSPS) is 15.1. The Morgan fingerprint density at radius 1 is 1.23 bits per heavy atom. The minimum atomic E-state index is -0.308. The van der Waals surface area contributed by atoms with Gasteiger partial charge in [-0.25, -0.2) is 0 Å². The van der Waals surface area contributed by atoms with Crippen molar-refractivity contribution in [2.75, 3.05) is 32.7 Å². The summed E-state index contributed by atoms with van der Waals surface area (Å²) >= 11 is 5.41. The number of likely N-dealkylation sites (tertiary alicyclic amines) is 1. The van der Waals surface area contributed by atoms with Crippen molar-refractivity contribution in [1.29, 1.82) is 0 Å². The summed E-state index contributed by atoms with van der Waals surface area (Å²) < 4.78 is 1.93. The molecule has 0 atom stereocenters. The molecule has 9 heteroatoms. The Hall–Kier alpha value is -2.52. The van der Waals surface area contributed by atoms with Gasteiger partial charge in [-0.2, -0.15) is 0 Å². The average molecular weight is 432 g/mol. The van der Waals surface area contributed by atoms with E-state index < -0.39 is 0 Å². The van der Waals surface area contributed by atoms with Crippen molar-refractivity contribution in [1.82, 2.24) is 19.4 Å². The number of carbonyl (C=O) groups is 2. The number of aromatic nitrogens is 2. The summed E-state index contributed by atoms with van der Waals surface area (Å²) in [6, 6.07) is 5.04. The number of likely N-dealkylation sites (N-methyl/N-ethyl adjacent to an activating group) is 1. The van der Waals surface area contributed by atoms with Crippen molar-refractivity contribution >= 4 is 34.9 Å². The predicted molar refractivity (Wildman–Crippen MR) is 119 cm³/mol. The number of hydrogen-bond donors (Lipinski definition) is 2. The van der Waals surface area contributed by atoms with Crippen LogP contribution >= 0.6 is 12.2 Å². The van der Waals surface area contributed by atoms with Gasteiger partial charge in [-0.3, -0.25) is 19.0 Å². The van der Waals surface area contributed by atoms with E-state index in [1.165, 1.54) is 0 Å². The third-order valence-electron chi connectivity index (χ3n) is 5.95. The summed E-state index contributed by atoms with van der Waals surface area (Å²) in [6.45, 7) is 8.25. The monoisotopic (exact) mass is 431 g/mol. The number of carbonyl (C=O) groups excluding carboxylic acids is 2. The smallest absolute Gasteiger partial charge is 0.262 e. The molecule has 1 aliphatic heterocycles. The molecule has 0 unspecified atom stereocenters. The number of amides is 2. The number of hydrogen-bond acceptors (Lipinski definition) is 5. The fourth-order valence-corrected chi connectivity index (χ4v) is 4.21. The fraction of sp³-hybridized carbons (Fsp3) is 0.524. The molecule has 1 aliphatic rings. The highest BCUT2D eigenvalue weighted by molar-refractivity contribution is 7.71. The van der Waals surface area contributed by atoms with E-state index in [0.29, 0.717) is 53.7 Å². The molecule has 2 aromatic rings. The summed E-state index contributed by atoms with van der Waals surface area (Å²) in [7, 11) is 0. The standard InChI is InChI=1S/C21H29N5O3S/c1-3-24(4-2)11-12-26-20(29)16-6-5-15(13-17(16)23-21(26)30)19(28)25-9-7-14(8-10-25)18(22)27/h5-6,13-14H,3-4,7-12H2,1-2H3,(H2,22,27)(H,23,30). The Morgan fingerprint density at radius 2 is 1.90 bits per heavy atom. The van der Waals surface area contributed by atoms with Crippen LogP contribution in [0.5, 0.6) is 0 Å². The maximum atomic E-state index is 12.9. The molecule has 1 fully saturated rings. The number of aromatic amines is 1. The first-order valence-electron chi connectivity index (χ1n) is 10.4. The number of nitrogens with two attached hydrogens (primary N) is 1. The SMILES string of the molecule is CCN(CC)CCn1c(=S)[nH]c2cc(C(=O)N3CCC(C(N)=O)CC3)ccc2c1=O. The molecular weight excluding hydrogens is 402 g/mol. The molecule has 1 aromatic carbocycles. The second-order valence-electron chi connectivity index (χ2n) is 7.64. The van der Waals surface area contributed by atoms with Gasteiger partial charge in [-0.15, -0.1) is 0 Å². The zero-order valence-corrected chi connectivity index (χ0v) is 18.3. The molecule has 0 saturated carbocycles. The number of H-pyrrole nitrogens is 1. The zero-order chi connectivity index (χ0) is 21.8. The van der Waals surface area contributed by atoms with Crippen LogP contribution in [0.2, 0.25) is 0 Å². The van der Waals surface area contributed by atoms with Crippen LogP contribution in [0.3, 0.4) is 0 Å². The molecule has 0 bridgehead atoms. The van der Waals surface area contributed by atoms with E-state index >= 15 is 0 Å². The zero-order valence-electron chi connectivity index (χ0n) is 17.5. The van der Waals surface area contributed by atoms with E-state index in [0.717, 1.165) is 19.6 Å². The lowest BCUT2D eigenvalue weighted by atomic mass is 9.96. The number of benzene rings is 1. The maximum Gasteiger partial charge on any atom is 0.262 e. The maximum absolute atomic E-state index is 12.9. The van der Waals surface area contributed by atoms with Crippen LogP contribution in [0, 0.1) is 10.7 Å². The summed E-state index contributed by atoms with van der Waals surface area (Å²) in [5, 5.41) is 0.507. The van der Waals surface area contributed by atoms with E-state index in [1.807, 2.05) is 0 Å². The van der Waals surface area contributed by atoms with Gasteiger partial charge >= 0.3 is 0 Å². The molecule has 0 radical (unpaired) electrons. The van der Waals surface area contributed by atoms with E-state index in [4.69, 9.17) is 18.0 Å². The first-order chi connectivity index (χ1) is 14.3. The lowest BCUT2D eigenvalue weighted by Crippen LogP contribution is -2.41. The molecule has 0 aliphatic carbocycles. The van der Waals surface area contributed by atoms with Gasteiger partial charge in [0.1, 0.15) is 0 Å². The summed E-state index contributed by atoms with van der Waals surface area (Å²) in [4.78, 5) is 44.2. The van der Waals surface area contributed by atoms with Crippen LogP contribution in [0.15, 0.2) is 23.0 Å². The van der Waals surface area contributed by atoms with E-state index in [9.17, 15) is 14.4 Å². The van der Waals surface area contributed by atoms with Crippen LogP contribution in [-0.2, 0) is 11.3 Å². The highest BCUT2D eigenvalue weighted by Crippen LogP contribution is 2.20. The molecule has 1 saturated heterocycles. The first kappa shape index (κ1) is 22.2. The largest absolute Gasteiger partial charge is 0.369 e. The summed E-state index contributed by atoms with van der Waals surface area (Å²) in [5.41, 5.74) is 6.26. The van der Waals surface area contributed by atoms with Gasteiger partial charge in [0.2, 0.25) is 5.91 Å². The van der Waals surface area contributed by atoms with E-state index in [1.54, 1.807) is 27.7 Å². The fourth-order valence-electron chi connectivity index (χ4n) is 3.92. The topological polar surface area (TPSA) is 104 Å². The number of rotatable bonds is 7. The molecule has 1 aromatic heterocycles. The Labute approximate surface area is 180 Å². The number of nitrogens with one attached hydrogen (secondary N) is 1. The minimum absolute atomic E-state index is 0.121. The van der Waals surface area contributed by atoms with Gasteiger partial charge in [0, 0.05) is 37.7 Å².